The number of nitrogens with zero attached hydrogens (tertiary/aromatic N) is 1. The molecular formula is C16H19NO3. The first-order valence-electron chi connectivity index (χ1n) is 7.13. The Bertz CT molecular complexity index is 514. The molecule has 3 atom stereocenters. The van der Waals surface area contributed by atoms with Gasteiger partial charge in [-0.3, -0.25) is 14.5 Å². The number of piperidine rings is 1. The van der Waals surface area contributed by atoms with Crippen LogP contribution in [0.5, 0.6) is 0 Å². The fourth-order valence-electron chi connectivity index (χ4n) is 3.42. The second-order valence-electron chi connectivity index (χ2n) is 5.70. The minimum atomic E-state index is -0.252. The molecule has 2 heterocycles. The first-order chi connectivity index (χ1) is 9.63. The molecule has 2 aliphatic heterocycles. The minimum Gasteiger partial charge on any atom is -0.462 e. The Balaban J connectivity index is 1.72. The van der Waals surface area contributed by atoms with Crippen molar-refractivity contribution in [2.45, 2.75) is 50.9 Å². The lowest BCUT2D eigenvalue weighted by Crippen LogP contribution is -2.46. The predicted molar refractivity (Wildman–Crippen MR) is 74.0 cm³/mol. The molecule has 2 bridgehead atoms. The fourth-order valence-corrected chi connectivity index (χ4v) is 3.42. The molecule has 106 valence electrons. The average molecular weight is 273 g/mol. The van der Waals surface area contributed by atoms with Crippen molar-refractivity contribution >= 4 is 11.8 Å². The summed E-state index contributed by atoms with van der Waals surface area (Å²) in [4.78, 5) is 25.5. The number of rotatable bonds is 3. The van der Waals surface area contributed by atoms with Gasteiger partial charge in [-0.25, -0.2) is 0 Å². The van der Waals surface area contributed by atoms with Gasteiger partial charge in [0.25, 0.3) is 0 Å². The molecule has 1 aromatic rings. The molecule has 0 spiro atoms. The SMILES string of the molecule is CC(=O)O[C@@H]1C[C@H]2CC(=O)[C@@H](C1)N2Cc1ccccc1. The highest BCUT2D eigenvalue weighted by atomic mass is 16.5. The Kier molecular flexibility index (Phi) is 3.57. The van der Waals surface area contributed by atoms with E-state index in [9.17, 15) is 9.59 Å². The molecule has 4 nitrogen and oxygen atoms in total. The van der Waals surface area contributed by atoms with E-state index < -0.39 is 0 Å². The highest BCUT2D eigenvalue weighted by Crippen LogP contribution is 2.36. The van der Waals surface area contributed by atoms with Gasteiger partial charge in [0.15, 0.2) is 5.78 Å². The van der Waals surface area contributed by atoms with Crippen LogP contribution in [0.2, 0.25) is 0 Å². The number of ketones is 1. The number of hydrogen-bond acceptors (Lipinski definition) is 4. The second kappa shape index (κ2) is 5.37. The van der Waals surface area contributed by atoms with Crippen LogP contribution < -0.4 is 0 Å². The lowest BCUT2D eigenvalue weighted by molar-refractivity contribution is -0.150. The monoisotopic (exact) mass is 273 g/mol. The van der Waals surface area contributed by atoms with Gasteiger partial charge < -0.3 is 4.74 Å². The molecular weight excluding hydrogens is 254 g/mol. The first-order valence-corrected chi connectivity index (χ1v) is 7.13. The minimum absolute atomic E-state index is 0.0849. The molecule has 0 aromatic heterocycles. The summed E-state index contributed by atoms with van der Waals surface area (Å²) >= 11 is 0. The Morgan fingerprint density at radius 3 is 2.70 bits per heavy atom. The van der Waals surface area contributed by atoms with E-state index in [0.717, 1.165) is 13.0 Å². The van der Waals surface area contributed by atoms with Crippen LogP contribution in [-0.4, -0.2) is 34.8 Å². The maximum atomic E-state index is 12.1. The summed E-state index contributed by atoms with van der Waals surface area (Å²) in [6.45, 7) is 2.23. The summed E-state index contributed by atoms with van der Waals surface area (Å²) < 4.78 is 5.30. The van der Waals surface area contributed by atoms with Gasteiger partial charge >= 0.3 is 5.97 Å². The van der Waals surface area contributed by atoms with Crippen LogP contribution in [0.1, 0.15) is 31.7 Å². The number of carbonyl (C=O) groups is 2. The van der Waals surface area contributed by atoms with E-state index in [1.165, 1.54) is 12.5 Å². The van der Waals surface area contributed by atoms with Gasteiger partial charge in [0.2, 0.25) is 0 Å². The highest BCUT2D eigenvalue weighted by Gasteiger charge is 2.46. The summed E-state index contributed by atoms with van der Waals surface area (Å²) in [7, 11) is 0. The molecule has 20 heavy (non-hydrogen) atoms. The van der Waals surface area contributed by atoms with Gasteiger partial charge in [-0.15, -0.1) is 0 Å². The standard InChI is InChI=1S/C16H19NO3/c1-11(18)20-14-7-13-8-16(19)15(9-14)17(13)10-12-5-3-2-4-6-12/h2-6,13-15H,7-10H2,1H3/t13-,14+,15+/m0/s1. The molecule has 2 fully saturated rings. The van der Waals surface area contributed by atoms with Crippen molar-refractivity contribution < 1.29 is 14.3 Å². The summed E-state index contributed by atoms with van der Waals surface area (Å²) in [5.74, 6) is 0.0407. The fraction of sp³-hybridized carbons (Fsp3) is 0.500. The summed E-state index contributed by atoms with van der Waals surface area (Å²) in [5, 5.41) is 0. The predicted octanol–water partition coefficient (Wildman–Crippen LogP) is 1.92. The molecule has 0 radical (unpaired) electrons. The molecule has 1 aromatic carbocycles. The van der Waals surface area contributed by atoms with Crippen molar-refractivity contribution in [3.63, 3.8) is 0 Å². The van der Waals surface area contributed by atoms with E-state index in [4.69, 9.17) is 4.74 Å². The van der Waals surface area contributed by atoms with E-state index in [1.54, 1.807) is 0 Å². The Labute approximate surface area is 118 Å². The highest BCUT2D eigenvalue weighted by molar-refractivity contribution is 5.87. The van der Waals surface area contributed by atoms with E-state index in [0.29, 0.717) is 18.6 Å². The zero-order chi connectivity index (χ0) is 14.1. The molecule has 0 amide bonds. The summed E-state index contributed by atoms with van der Waals surface area (Å²) in [5.41, 5.74) is 1.23. The van der Waals surface area contributed by atoms with Gasteiger partial charge in [0, 0.05) is 38.8 Å². The van der Waals surface area contributed by atoms with Crippen molar-refractivity contribution in [2.75, 3.05) is 0 Å². The van der Waals surface area contributed by atoms with E-state index in [2.05, 4.69) is 17.0 Å². The van der Waals surface area contributed by atoms with E-state index >= 15 is 0 Å². The zero-order valence-corrected chi connectivity index (χ0v) is 11.6. The number of fused-ring (bicyclic) bond motifs is 2. The van der Waals surface area contributed by atoms with Crippen molar-refractivity contribution in [3.8, 4) is 0 Å². The third-order valence-electron chi connectivity index (χ3n) is 4.24. The topological polar surface area (TPSA) is 46.6 Å². The zero-order valence-electron chi connectivity index (χ0n) is 11.6. The lowest BCUT2D eigenvalue weighted by atomic mass is 9.98. The molecule has 2 saturated heterocycles. The van der Waals surface area contributed by atoms with Gasteiger partial charge in [-0.05, 0) is 5.56 Å². The van der Waals surface area contributed by atoms with Crippen molar-refractivity contribution in [1.29, 1.82) is 0 Å². The molecule has 0 N–H and O–H groups in total. The van der Waals surface area contributed by atoms with Crippen LogP contribution in [0.15, 0.2) is 30.3 Å². The van der Waals surface area contributed by atoms with Crippen molar-refractivity contribution in [3.05, 3.63) is 35.9 Å². The van der Waals surface area contributed by atoms with Gasteiger partial charge in [0.05, 0.1) is 6.04 Å². The first kappa shape index (κ1) is 13.3. The molecule has 0 saturated carbocycles. The molecule has 0 aliphatic carbocycles. The Morgan fingerprint density at radius 2 is 2.05 bits per heavy atom. The van der Waals surface area contributed by atoms with Gasteiger partial charge in [-0.2, -0.15) is 0 Å². The number of Topliss-reactive ketones (excluding diaryl/α,β-unsaturated/α-hetero) is 1. The van der Waals surface area contributed by atoms with Gasteiger partial charge in [-0.1, -0.05) is 30.3 Å². The number of esters is 1. The average Bonchev–Trinajstić information content (AvgIpc) is 2.58. The van der Waals surface area contributed by atoms with Crippen molar-refractivity contribution in [2.24, 2.45) is 0 Å². The number of hydrogen-bond donors (Lipinski definition) is 0. The number of benzene rings is 1. The van der Waals surface area contributed by atoms with Crippen LogP contribution in [0.3, 0.4) is 0 Å². The van der Waals surface area contributed by atoms with Gasteiger partial charge in [0.1, 0.15) is 6.10 Å². The van der Waals surface area contributed by atoms with E-state index in [1.807, 2.05) is 18.2 Å². The van der Waals surface area contributed by atoms with Crippen molar-refractivity contribution in [1.82, 2.24) is 4.90 Å². The van der Waals surface area contributed by atoms with E-state index in [-0.39, 0.29) is 24.2 Å². The second-order valence-corrected chi connectivity index (χ2v) is 5.70. The number of carbonyl (C=O) groups excluding carboxylic acids is 2. The third-order valence-corrected chi connectivity index (χ3v) is 4.24. The largest absolute Gasteiger partial charge is 0.462 e. The molecule has 2 aliphatic rings. The molecule has 0 unspecified atom stereocenters. The van der Waals surface area contributed by atoms with Crippen LogP contribution >= 0.6 is 0 Å². The Morgan fingerprint density at radius 1 is 1.30 bits per heavy atom. The number of ether oxygens (including phenoxy) is 1. The normalized spacial score (nSPS) is 29.4. The maximum absolute atomic E-state index is 12.1. The van der Waals surface area contributed by atoms with Crippen LogP contribution in [0, 0.1) is 0 Å². The Hall–Kier alpha value is -1.68. The van der Waals surface area contributed by atoms with Crippen LogP contribution in [-0.2, 0) is 20.9 Å². The van der Waals surface area contributed by atoms with Crippen LogP contribution in [0.25, 0.3) is 0 Å². The third kappa shape index (κ3) is 2.61. The molecule has 4 heteroatoms. The summed E-state index contributed by atoms with van der Waals surface area (Å²) in [6, 6.07) is 10.3. The van der Waals surface area contributed by atoms with Crippen LogP contribution in [0.4, 0.5) is 0 Å². The lowest BCUT2D eigenvalue weighted by Gasteiger charge is -2.37. The smallest absolute Gasteiger partial charge is 0.302 e. The molecule has 3 rings (SSSR count). The quantitative estimate of drug-likeness (QED) is 0.789. The summed E-state index contributed by atoms with van der Waals surface area (Å²) in [6.07, 6.45) is 1.91. The maximum Gasteiger partial charge on any atom is 0.302 e.